The van der Waals surface area contributed by atoms with E-state index in [0.29, 0.717) is 13.1 Å². The van der Waals surface area contributed by atoms with Crippen molar-refractivity contribution < 1.29 is 14.3 Å². The molecule has 1 aromatic rings. The van der Waals surface area contributed by atoms with E-state index in [1.165, 1.54) is 12.5 Å². The molecule has 0 aliphatic carbocycles. The van der Waals surface area contributed by atoms with Crippen molar-refractivity contribution in [2.75, 3.05) is 6.54 Å². The first-order valence-electron chi connectivity index (χ1n) is 8.02. The molecule has 0 fully saturated rings. The van der Waals surface area contributed by atoms with Crippen molar-refractivity contribution >= 4 is 12.0 Å². The average molecular weight is 318 g/mol. The van der Waals surface area contributed by atoms with Crippen LogP contribution in [0.3, 0.4) is 0 Å². The Bertz CT molecular complexity index is 605. The monoisotopic (exact) mass is 318 g/mol. The third kappa shape index (κ3) is 4.71. The Morgan fingerprint density at radius 2 is 1.96 bits per heavy atom. The Morgan fingerprint density at radius 1 is 1.26 bits per heavy atom. The highest BCUT2D eigenvalue weighted by molar-refractivity contribution is 5.73. The van der Waals surface area contributed by atoms with Crippen LogP contribution >= 0.6 is 0 Å². The summed E-state index contributed by atoms with van der Waals surface area (Å²) in [5.74, 6) is -0.0358. The fourth-order valence-electron chi connectivity index (χ4n) is 2.71. The minimum Gasteiger partial charge on any atom is -0.444 e. The second-order valence-corrected chi connectivity index (χ2v) is 7.10. The van der Waals surface area contributed by atoms with Gasteiger partial charge in [0.25, 0.3) is 0 Å². The van der Waals surface area contributed by atoms with Crippen molar-refractivity contribution in [2.45, 2.75) is 59.2 Å². The fraction of sp³-hybridized carbons (Fsp3) is 0.556. The molecule has 1 N–H and O–H groups in total. The van der Waals surface area contributed by atoms with E-state index in [1.807, 2.05) is 39.8 Å². The third-order valence-electron chi connectivity index (χ3n) is 3.81. The highest BCUT2D eigenvalue weighted by Crippen LogP contribution is 2.24. The van der Waals surface area contributed by atoms with Gasteiger partial charge in [-0.15, -0.1) is 0 Å². The molecule has 5 nitrogen and oxygen atoms in total. The molecule has 1 atom stereocenters. The minimum atomic E-state index is -0.477. The van der Waals surface area contributed by atoms with Gasteiger partial charge in [-0.25, -0.2) is 4.79 Å². The molecule has 1 aliphatic heterocycles. The summed E-state index contributed by atoms with van der Waals surface area (Å²) in [4.78, 5) is 25.1. The Hall–Kier alpha value is -2.04. The zero-order valence-electron chi connectivity index (χ0n) is 14.6. The standard InChI is InChI=1S/C18H26N2O3/c1-12(19-13(2)21)14-6-7-16-11-20(9-8-15(16)10-14)17(22)23-18(3,4)5/h6-7,10,12H,8-9,11H2,1-5H3,(H,19,21). The van der Waals surface area contributed by atoms with Gasteiger partial charge in [0, 0.05) is 20.0 Å². The smallest absolute Gasteiger partial charge is 0.410 e. The van der Waals surface area contributed by atoms with Crippen LogP contribution in [-0.2, 0) is 22.5 Å². The highest BCUT2D eigenvalue weighted by Gasteiger charge is 2.26. The van der Waals surface area contributed by atoms with Crippen molar-refractivity contribution in [1.29, 1.82) is 0 Å². The number of benzene rings is 1. The summed E-state index contributed by atoms with van der Waals surface area (Å²) in [6, 6.07) is 6.17. The summed E-state index contributed by atoms with van der Waals surface area (Å²) in [5.41, 5.74) is 2.99. The lowest BCUT2D eigenvalue weighted by Crippen LogP contribution is -2.40. The molecule has 126 valence electrons. The Morgan fingerprint density at radius 3 is 2.57 bits per heavy atom. The van der Waals surface area contributed by atoms with Crippen LogP contribution in [0.2, 0.25) is 0 Å². The summed E-state index contributed by atoms with van der Waals surface area (Å²) in [7, 11) is 0. The van der Waals surface area contributed by atoms with Gasteiger partial charge in [0.2, 0.25) is 5.91 Å². The molecule has 5 heteroatoms. The number of fused-ring (bicyclic) bond motifs is 1. The molecular formula is C18H26N2O3. The summed E-state index contributed by atoms with van der Waals surface area (Å²) in [6.45, 7) is 10.3. The maximum Gasteiger partial charge on any atom is 0.410 e. The second kappa shape index (κ2) is 6.60. The van der Waals surface area contributed by atoms with Crippen LogP contribution < -0.4 is 5.32 Å². The molecule has 23 heavy (non-hydrogen) atoms. The molecular weight excluding hydrogens is 292 g/mol. The van der Waals surface area contributed by atoms with Crippen molar-refractivity contribution in [3.8, 4) is 0 Å². The normalized spacial score (nSPS) is 15.6. The SMILES string of the molecule is CC(=O)NC(C)c1ccc2c(c1)CCN(C(=O)OC(C)(C)C)C2. The molecule has 0 aromatic heterocycles. The number of hydrogen-bond donors (Lipinski definition) is 1. The summed E-state index contributed by atoms with van der Waals surface area (Å²) < 4.78 is 5.44. The summed E-state index contributed by atoms with van der Waals surface area (Å²) in [5, 5.41) is 2.90. The molecule has 0 saturated carbocycles. The molecule has 2 amide bonds. The number of carbonyl (C=O) groups is 2. The first kappa shape index (κ1) is 17.3. The largest absolute Gasteiger partial charge is 0.444 e. The van der Waals surface area contributed by atoms with Gasteiger partial charge in [0.1, 0.15) is 5.60 Å². The van der Waals surface area contributed by atoms with Crippen LogP contribution in [-0.4, -0.2) is 29.0 Å². The van der Waals surface area contributed by atoms with E-state index in [4.69, 9.17) is 4.74 Å². The van der Waals surface area contributed by atoms with Gasteiger partial charge in [-0.05, 0) is 50.8 Å². The van der Waals surface area contributed by atoms with Gasteiger partial charge in [-0.3, -0.25) is 4.79 Å². The van der Waals surface area contributed by atoms with E-state index in [1.54, 1.807) is 4.90 Å². The highest BCUT2D eigenvalue weighted by atomic mass is 16.6. The maximum atomic E-state index is 12.2. The van der Waals surface area contributed by atoms with Crippen LogP contribution in [0.4, 0.5) is 4.79 Å². The lowest BCUT2D eigenvalue weighted by atomic mass is 9.95. The van der Waals surface area contributed by atoms with Crippen LogP contribution in [0.15, 0.2) is 18.2 Å². The average Bonchev–Trinajstić information content (AvgIpc) is 2.43. The number of ether oxygens (including phenoxy) is 1. The van der Waals surface area contributed by atoms with Crippen LogP contribution in [0, 0.1) is 0 Å². The second-order valence-electron chi connectivity index (χ2n) is 7.10. The van der Waals surface area contributed by atoms with Crippen molar-refractivity contribution in [1.82, 2.24) is 10.2 Å². The first-order valence-corrected chi connectivity index (χ1v) is 8.02. The van der Waals surface area contributed by atoms with E-state index in [-0.39, 0.29) is 18.0 Å². The third-order valence-corrected chi connectivity index (χ3v) is 3.81. The van der Waals surface area contributed by atoms with E-state index in [2.05, 4.69) is 11.4 Å². The molecule has 1 aromatic carbocycles. The molecule has 1 aliphatic rings. The molecule has 2 rings (SSSR count). The van der Waals surface area contributed by atoms with Crippen LogP contribution in [0.25, 0.3) is 0 Å². The number of rotatable bonds is 2. The van der Waals surface area contributed by atoms with Gasteiger partial charge in [0.05, 0.1) is 6.04 Å². The number of carbonyl (C=O) groups excluding carboxylic acids is 2. The van der Waals surface area contributed by atoms with E-state index >= 15 is 0 Å². The molecule has 0 saturated heterocycles. The van der Waals surface area contributed by atoms with Gasteiger partial charge in [-0.2, -0.15) is 0 Å². The molecule has 1 unspecified atom stereocenters. The first-order chi connectivity index (χ1) is 10.7. The predicted molar refractivity (Wildman–Crippen MR) is 89.0 cm³/mol. The quantitative estimate of drug-likeness (QED) is 0.911. The molecule has 0 bridgehead atoms. The fourth-order valence-corrected chi connectivity index (χ4v) is 2.71. The Labute approximate surface area is 138 Å². The summed E-state index contributed by atoms with van der Waals surface area (Å²) >= 11 is 0. The Kier molecular flexibility index (Phi) is 4.97. The van der Waals surface area contributed by atoms with Gasteiger partial charge in [0.15, 0.2) is 0 Å². The van der Waals surface area contributed by atoms with E-state index in [0.717, 1.165) is 17.5 Å². The zero-order chi connectivity index (χ0) is 17.2. The number of hydrogen-bond acceptors (Lipinski definition) is 3. The van der Waals surface area contributed by atoms with Gasteiger partial charge < -0.3 is 15.0 Å². The zero-order valence-corrected chi connectivity index (χ0v) is 14.6. The summed E-state index contributed by atoms with van der Waals surface area (Å²) in [6.07, 6.45) is 0.536. The van der Waals surface area contributed by atoms with Crippen LogP contribution in [0.5, 0.6) is 0 Å². The minimum absolute atomic E-state index is 0.0123. The van der Waals surface area contributed by atoms with Gasteiger partial charge in [-0.1, -0.05) is 18.2 Å². The molecule has 0 spiro atoms. The van der Waals surface area contributed by atoms with E-state index < -0.39 is 5.60 Å². The predicted octanol–water partition coefficient (Wildman–Crippen LogP) is 3.18. The topological polar surface area (TPSA) is 58.6 Å². The van der Waals surface area contributed by atoms with Gasteiger partial charge >= 0.3 is 6.09 Å². The van der Waals surface area contributed by atoms with Crippen molar-refractivity contribution in [3.05, 3.63) is 34.9 Å². The Balaban J connectivity index is 2.08. The molecule has 1 heterocycles. The number of nitrogens with one attached hydrogen (secondary N) is 1. The van der Waals surface area contributed by atoms with E-state index in [9.17, 15) is 9.59 Å². The van der Waals surface area contributed by atoms with Crippen molar-refractivity contribution in [3.63, 3.8) is 0 Å². The lowest BCUT2D eigenvalue weighted by molar-refractivity contribution is -0.119. The number of nitrogens with zero attached hydrogens (tertiary/aromatic N) is 1. The maximum absolute atomic E-state index is 12.2. The molecule has 0 radical (unpaired) electrons. The number of amides is 2. The van der Waals surface area contributed by atoms with Crippen molar-refractivity contribution in [2.24, 2.45) is 0 Å². The lowest BCUT2D eigenvalue weighted by Gasteiger charge is -2.31. The van der Waals surface area contributed by atoms with Crippen LogP contribution in [0.1, 0.15) is 57.4 Å².